The molecule has 0 aliphatic carbocycles. The van der Waals surface area contributed by atoms with E-state index in [9.17, 15) is 4.79 Å². The van der Waals surface area contributed by atoms with Crippen LogP contribution in [0.2, 0.25) is 0 Å². The number of hydrogen-bond donors (Lipinski definition) is 1. The first-order valence-corrected chi connectivity index (χ1v) is 8.46. The maximum absolute atomic E-state index is 11.2. The summed E-state index contributed by atoms with van der Waals surface area (Å²) in [6.07, 6.45) is 1.74. The van der Waals surface area contributed by atoms with Gasteiger partial charge in [0.15, 0.2) is 11.5 Å². The Bertz CT molecular complexity index is 748. The zero-order chi connectivity index (χ0) is 17.5. The number of rotatable bonds is 7. The number of methoxy groups -OCH3 is 3. The van der Waals surface area contributed by atoms with E-state index in [1.165, 1.54) is 18.4 Å². The van der Waals surface area contributed by atoms with Crippen LogP contribution in [0.5, 0.6) is 11.5 Å². The Morgan fingerprint density at radius 2 is 2.17 bits per heavy atom. The number of nitrogens with one attached hydrogen (secondary N) is 1. The number of ether oxygens (including phenoxy) is 3. The second-order valence-corrected chi connectivity index (χ2v) is 6.27. The average molecular weight is 414 g/mol. The maximum atomic E-state index is 11.2. The van der Waals surface area contributed by atoms with Crippen LogP contribution in [0.25, 0.3) is 0 Å². The second kappa shape index (κ2) is 8.65. The Balaban J connectivity index is 2.09. The zero-order valence-electron chi connectivity index (χ0n) is 13.3. The van der Waals surface area contributed by atoms with Crippen LogP contribution in [0.3, 0.4) is 0 Å². The number of hydrogen-bond acceptors (Lipinski definition) is 8. The van der Waals surface area contributed by atoms with Crippen molar-refractivity contribution in [2.45, 2.75) is 6.42 Å². The van der Waals surface area contributed by atoms with Crippen molar-refractivity contribution >= 4 is 44.6 Å². The summed E-state index contributed by atoms with van der Waals surface area (Å²) in [6.45, 7) is 0. The van der Waals surface area contributed by atoms with E-state index in [0.717, 1.165) is 10.0 Å². The molecule has 1 aromatic heterocycles. The minimum atomic E-state index is -0.332. The van der Waals surface area contributed by atoms with Gasteiger partial charge in [-0.2, -0.15) is 5.10 Å². The minimum Gasteiger partial charge on any atom is -0.493 e. The number of benzene rings is 1. The summed E-state index contributed by atoms with van der Waals surface area (Å²) >= 11 is 4.76. The number of carbonyl (C=O) groups is 1. The van der Waals surface area contributed by atoms with Gasteiger partial charge in [-0.1, -0.05) is 15.9 Å². The molecule has 2 rings (SSSR count). The molecule has 0 aliphatic heterocycles. The molecule has 0 saturated carbocycles. The fourth-order valence-electron chi connectivity index (χ4n) is 1.87. The van der Waals surface area contributed by atoms with E-state index in [-0.39, 0.29) is 12.4 Å². The minimum absolute atomic E-state index is 0.134. The maximum Gasteiger partial charge on any atom is 0.311 e. The number of halogens is 1. The molecule has 0 amide bonds. The molecule has 0 unspecified atom stereocenters. The van der Waals surface area contributed by atoms with Gasteiger partial charge in [-0.3, -0.25) is 10.2 Å². The van der Waals surface area contributed by atoms with E-state index in [1.807, 2.05) is 12.1 Å². The number of aromatic nitrogens is 1. The quantitative estimate of drug-likeness (QED) is 0.426. The van der Waals surface area contributed by atoms with Gasteiger partial charge in [-0.05, 0) is 12.1 Å². The van der Waals surface area contributed by atoms with Crippen molar-refractivity contribution < 1.29 is 19.0 Å². The van der Waals surface area contributed by atoms with Crippen LogP contribution in [0, 0.1) is 0 Å². The van der Waals surface area contributed by atoms with E-state index in [0.29, 0.717) is 22.3 Å². The van der Waals surface area contributed by atoms with Crippen molar-refractivity contribution in [2.24, 2.45) is 5.10 Å². The standard InChI is InChI=1S/C15H16BrN3O4S/c1-21-12-5-10(16)4-9(14(12)23-3)7-17-19-15-18-11(8-24-15)6-13(20)22-2/h4-5,7-8H,6H2,1-3H3,(H,18,19)/b17-7-. The van der Waals surface area contributed by atoms with Crippen LogP contribution < -0.4 is 14.9 Å². The molecule has 0 spiro atoms. The monoisotopic (exact) mass is 413 g/mol. The van der Waals surface area contributed by atoms with Gasteiger partial charge >= 0.3 is 5.97 Å². The van der Waals surface area contributed by atoms with Gasteiger partial charge in [-0.15, -0.1) is 11.3 Å². The average Bonchev–Trinajstić information content (AvgIpc) is 3.01. The van der Waals surface area contributed by atoms with Crippen LogP contribution in [0.4, 0.5) is 5.13 Å². The first-order valence-electron chi connectivity index (χ1n) is 6.79. The molecule has 1 N–H and O–H groups in total. The fourth-order valence-corrected chi connectivity index (χ4v) is 2.98. The normalized spacial score (nSPS) is 10.7. The molecular weight excluding hydrogens is 398 g/mol. The van der Waals surface area contributed by atoms with Crippen LogP contribution in [0.1, 0.15) is 11.3 Å². The number of nitrogens with zero attached hydrogens (tertiary/aromatic N) is 2. The highest BCUT2D eigenvalue weighted by Gasteiger charge is 2.10. The first-order chi connectivity index (χ1) is 11.6. The Morgan fingerprint density at radius 1 is 1.38 bits per heavy atom. The van der Waals surface area contributed by atoms with E-state index >= 15 is 0 Å². The predicted molar refractivity (Wildman–Crippen MR) is 96.3 cm³/mol. The van der Waals surface area contributed by atoms with Gasteiger partial charge in [0.25, 0.3) is 0 Å². The van der Waals surface area contributed by atoms with Crippen LogP contribution >= 0.6 is 27.3 Å². The molecule has 0 fully saturated rings. The lowest BCUT2D eigenvalue weighted by Crippen LogP contribution is -2.04. The van der Waals surface area contributed by atoms with Gasteiger partial charge in [0.05, 0.1) is 39.7 Å². The van der Waals surface area contributed by atoms with Gasteiger partial charge in [0, 0.05) is 15.4 Å². The molecular formula is C15H16BrN3O4S. The Hall–Kier alpha value is -2.13. The number of anilines is 1. The molecule has 24 heavy (non-hydrogen) atoms. The van der Waals surface area contributed by atoms with Crippen molar-refractivity contribution in [1.29, 1.82) is 0 Å². The van der Waals surface area contributed by atoms with E-state index in [2.05, 4.69) is 36.2 Å². The third kappa shape index (κ3) is 4.68. The van der Waals surface area contributed by atoms with Gasteiger partial charge in [0.2, 0.25) is 5.13 Å². The summed E-state index contributed by atoms with van der Waals surface area (Å²) in [6, 6.07) is 3.67. The summed E-state index contributed by atoms with van der Waals surface area (Å²) in [5.41, 5.74) is 4.20. The molecule has 1 aromatic carbocycles. The molecule has 0 saturated heterocycles. The van der Waals surface area contributed by atoms with Crippen molar-refractivity contribution in [3.05, 3.63) is 33.2 Å². The third-order valence-corrected chi connectivity index (χ3v) is 4.19. The highest BCUT2D eigenvalue weighted by atomic mass is 79.9. The lowest BCUT2D eigenvalue weighted by molar-refractivity contribution is -0.139. The summed E-state index contributed by atoms with van der Waals surface area (Å²) in [4.78, 5) is 15.5. The highest BCUT2D eigenvalue weighted by Crippen LogP contribution is 2.33. The molecule has 0 atom stereocenters. The van der Waals surface area contributed by atoms with E-state index in [4.69, 9.17) is 9.47 Å². The van der Waals surface area contributed by atoms with Crippen LogP contribution in [0.15, 0.2) is 27.1 Å². The Kier molecular flexibility index (Phi) is 6.56. The SMILES string of the molecule is COC(=O)Cc1csc(N/N=C\c2cc(Br)cc(OC)c2OC)n1. The highest BCUT2D eigenvalue weighted by molar-refractivity contribution is 9.10. The Labute approximate surface area is 151 Å². The number of thiazole rings is 1. The summed E-state index contributed by atoms with van der Waals surface area (Å²) < 4.78 is 16.1. The van der Waals surface area contributed by atoms with Crippen molar-refractivity contribution in [3.63, 3.8) is 0 Å². The lowest BCUT2D eigenvalue weighted by atomic mass is 10.2. The molecule has 0 bridgehead atoms. The number of hydrazone groups is 1. The van der Waals surface area contributed by atoms with Crippen molar-refractivity contribution in [2.75, 3.05) is 26.8 Å². The molecule has 1 heterocycles. The van der Waals surface area contributed by atoms with Gasteiger partial charge in [0.1, 0.15) is 0 Å². The summed E-state index contributed by atoms with van der Waals surface area (Å²) in [5, 5.41) is 6.50. The molecule has 0 radical (unpaired) electrons. The van der Waals surface area contributed by atoms with E-state index in [1.54, 1.807) is 25.8 Å². The fraction of sp³-hybridized carbons (Fsp3) is 0.267. The molecule has 7 nitrogen and oxygen atoms in total. The van der Waals surface area contributed by atoms with Crippen LogP contribution in [-0.4, -0.2) is 38.5 Å². The molecule has 0 aliphatic rings. The summed E-state index contributed by atoms with van der Waals surface area (Å²) in [7, 11) is 4.48. The van der Waals surface area contributed by atoms with Crippen molar-refractivity contribution in [1.82, 2.24) is 4.98 Å². The lowest BCUT2D eigenvalue weighted by Gasteiger charge is -2.10. The van der Waals surface area contributed by atoms with Crippen molar-refractivity contribution in [3.8, 4) is 11.5 Å². The molecule has 128 valence electrons. The smallest absolute Gasteiger partial charge is 0.311 e. The topological polar surface area (TPSA) is 82.0 Å². The largest absolute Gasteiger partial charge is 0.493 e. The summed E-state index contributed by atoms with van der Waals surface area (Å²) in [5.74, 6) is 0.848. The van der Waals surface area contributed by atoms with E-state index < -0.39 is 0 Å². The second-order valence-electron chi connectivity index (χ2n) is 4.50. The van der Waals surface area contributed by atoms with Crippen LogP contribution in [-0.2, 0) is 16.0 Å². The third-order valence-electron chi connectivity index (χ3n) is 2.94. The molecule has 2 aromatic rings. The van der Waals surface area contributed by atoms with Gasteiger partial charge in [-0.25, -0.2) is 4.98 Å². The zero-order valence-corrected chi connectivity index (χ0v) is 15.7. The number of esters is 1. The predicted octanol–water partition coefficient (Wildman–Crippen LogP) is 3.08. The Morgan fingerprint density at radius 3 is 2.83 bits per heavy atom. The van der Waals surface area contributed by atoms with Gasteiger partial charge < -0.3 is 14.2 Å². The first kappa shape index (κ1) is 18.2. The number of carbonyl (C=O) groups excluding carboxylic acids is 1. The molecule has 9 heteroatoms.